The summed E-state index contributed by atoms with van der Waals surface area (Å²) in [4.78, 5) is 0. The molecule has 0 saturated carbocycles. The number of hydrogen-bond donors (Lipinski definition) is 0. The number of hydrogen-bond acceptors (Lipinski definition) is 4. The summed E-state index contributed by atoms with van der Waals surface area (Å²) in [6.45, 7) is 22.5. The fourth-order valence-corrected chi connectivity index (χ4v) is 9.11. The Labute approximate surface area is 248 Å². The van der Waals surface area contributed by atoms with Crippen molar-refractivity contribution in [3.8, 4) is 34.1 Å². The van der Waals surface area contributed by atoms with Gasteiger partial charge in [0.15, 0.2) is 23.0 Å². The Kier molecular flexibility index (Phi) is 14.6. The van der Waals surface area contributed by atoms with Gasteiger partial charge in [-0.2, -0.15) is 0 Å². The molecule has 2 rings (SSSR count). The summed E-state index contributed by atoms with van der Waals surface area (Å²) in [6, 6.07) is 8.99. The molecule has 0 bridgehead atoms. The van der Waals surface area contributed by atoms with Crippen molar-refractivity contribution in [1.82, 2.24) is 0 Å². The van der Waals surface area contributed by atoms with Crippen LogP contribution in [0.15, 0.2) is 24.3 Å². The zero-order valence-electron chi connectivity index (χ0n) is 27.4. The van der Waals surface area contributed by atoms with Crippen LogP contribution in [0.25, 0.3) is 11.1 Å². The van der Waals surface area contributed by atoms with Gasteiger partial charge in [0.25, 0.3) is 0 Å². The summed E-state index contributed by atoms with van der Waals surface area (Å²) in [5, 5.41) is 0. The average molecular weight is 591 g/mol. The lowest BCUT2D eigenvalue weighted by atomic mass is 9.95. The summed E-state index contributed by atoms with van der Waals surface area (Å²) in [5.74, 6) is 3.26. The first-order chi connectivity index (χ1) is 19.0. The van der Waals surface area contributed by atoms with Gasteiger partial charge in [-0.05, 0) is 61.1 Å². The van der Waals surface area contributed by atoms with Gasteiger partial charge in [-0.25, -0.2) is 0 Å². The van der Waals surface area contributed by atoms with Crippen molar-refractivity contribution in [3.63, 3.8) is 0 Å². The van der Waals surface area contributed by atoms with E-state index >= 15 is 0 Å². The molecule has 0 aliphatic heterocycles. The second kappa shape index (κ2) is 16.8. The number of benzene rings is 2. The Morgan fingerprint density at radius 1 is 0.550 bits per heavy atom. The predicted molar refractivity (Wildman–Crippen MR) is 178 cm³/mol. The Hall–Kier alpha value is -1.50. The molecule has 0 fully saturated rings. The molecular weight excluding hydrogens is 534 g/mol. The molecule has 0 N–H and O–H groups in total. The first-order valence-electron chi connectivity index (χ1n) is 15.3. The third-order valence-electron chi connectivity index (χ3n) is 7.03. The molecule has 0 atom stereocenters. The lowest BCUT2D eigenvalue weighted by Gasteiger charge is -2.30. The van der Waals surface area contributed by atoms with E-state index in [0.717, 1.165) is 72.6 Å². The molecule has 0 amide bonds. The fourth-order valence-electron chi connectivity index (χ4n) is 5.09. The quantitative estimate of drug-likeness (QED) is 0.172. The number of rotatable bonds is 17. The second-order valence-electron chi connectivity index (χ2n) is 11.8. The number of unbranched alkanes of at least 4 members (excludes halogenated alkanes) is 2. The molecule has 0 saturated heterocycles. The summed E-state index contributed by atoms with van der Waals surface area (Å²) in [5.41, 5.74) is 6.30. The zero-order chi connectivity index (χ0) is 30.0. The molecule has 0 aliphatic carbocycles. The Balaban J connectivity index is 2.96. The minimum Gasteiger partial charge on any atom is -0.493 e. The number of methoxy groups -OCH3 is 2. The third-order valence-corrected chi connectivity index (χ3v) is 11.9. The maximum atomic E-state index is 7.00. The molecule has 4 nitrogen and oxygen atoms in total. The number of aryl methyl sites for hydroxylation is 2. The van der Waals surface area contributed by atoms with Crippen molar-refractivity contribution >= 4 is 16.3 Å². The predicted octanol–water partition coefficient (Wildman–Crippen LogP) is 11.2. The van der Waals surface area contributed by atoms with Crippen LogP contribution in [0.5, 0.6) is 23.0 Å². The molecule has 0 heterocycles. The van der Waals surface area contributed by atoms with Gasteiger partial charge in [0.1, 0.15) is 0 Å². The summed E-state index contributed by atoms with van der Waals surface area (Å²) >= 11 is 0. The van der Waals surface area contributed by atoms with Crippen LogP contribution in [-0.2, 0) is 12.8 Å². The van der Waals surface area contributed by atoms with E-state index in [4.69, 9.17) is 18.5 Å². The van der Waals surface area contributed by atoms with E-state index in [1.165, 1.54) is 11.1 Å². The van der Waals surface area contributed by atoms with Crippen LogP contribution < -0.4 is 18.5 Å². The van der Waals surface area contributed by atoms with Gasteiger partial charge in [0.05, 0.1) is 30.5 Å². The SMILES string of the molecule is CCCCc1cc(OC)c(OP(C(C)C)C(C)C)c(-c2cc(CCCC)cc(OC)c2OP(C(C)C)C(C)C)c1. The van der Waals surface area contributed by atoms with Crippen LogP contribution in [0.4, 0.5) is 0 Å². The minimum atomic E-state index is -0.727. The van der Waals surface area contributed by atoms with Crippen molar-refractivity contribution in [2.45, 2.75) is 130 Å². The van der Waals surface area contributed by atoms with Gasteiger partial charge in [-0.1, -0.05) is 82.1 Å². The largest absolute Gasteiger partial charge is 0.493 e. The third kappa shape index (κ3) is 9.25. The van der Waals surface area contributed by atoms with E-state index in [2.05, 4.69) is 93.5 Å². The molecule has 0 radical (unpaired) electrons. The summed E-state index contributed by atoms with van der Waals surface area (Å²) in [7, 11) is 2.06. The van der Waals surface area contributed by atoms with E-state index in [-0.39, 0.29) is 0 Å². The highest BCUT2D eigenvalue weighted by molar-refractivity contribution is 7.54. The maximum absolute atomic E-state index is 7.00. The number of ether oxygens (including phenoxy) is 2. The molecule has 0 spiro atoms. The second-order valence-corrected chi connectivity index (χ2v) is 17.8. The summed E-state index contributed by atoms with van der Waals surface area (Å²) in [6.07, 6.45) is 6.53. The van der Waals surface area contributed by atoms with E-state index in [0.29, 0.717) is 22.6 Å². The highest BCUT2D eigenvalue weighted by Gasteiger charge is 2.29. The van der Waals surface area contributed by atoms with Crippen molar-refractivity contribution in [3.05, 3.63) is 35.4 Å². The van der Waals surface area contributed by atoms with Crippen molar-refractivity contribution < 1.29 is 18.5 Å². The van der Waals surface area contributed by atoms with Gasteiger partial charge in [-0.15, -0.1) is 0 Å². The van der Waals surface area contributed by atoms with Crippen molar-refractivity contribution in [2.75, 3.05) is 14.2 Å². The molecule has 2 aromatic rings. The molecule has 226 valence electrons. The molecule has 6 heteroatoms. The van der Waals surface area contributed by atoms with Crippen LogP contribution in [0.3, 0.4) is 0 Å². The first kappa shape index (κ1) is 34.7. The van der Waals surface area contributed by atoms with E-state index < -0.39 is 16.3 Å². The van der Waals surface area contributed by atoms with Gasteiger partial charge in [0.2, 0.25) is 0 Å². The molecular formula is C34H56O4P2. The first-order valence-corrected chi connectivity index (χ1v) is 18.1. The van der Waals surface area contributed by atoms with E-state index in [9.17, 15) is 0 Å². The molecule has 0 aromatic heterocycles. The van der Waals surface area contributed by atoms with E-state index in [1.807, 2.05) is 0 Å². The monoisotopic (exact) mass is 590 g/mol. The lowest BCUT2D eigenvalue weighted by Crippen LogP contribution is -2.11. The highest BCUT2D eigenvalue weighted by atomic mass is 31.1. The topological polar surface area (TPSA) is 36.9 Å². The van der Waals surface area contributed by atoms with Crippen LogP contribution in [0.1, 0.15) is 106 Å². The van der Waals surface area contributed by atoms with Crippen molar-refractivity contribution in [2.24, 2.45) is 0 Å². The normalized spacial score (nSPS) is 11.9. The van der Waals surface area contributed by atoms with Crippen molar-refractivity contribution in [1.29, 1.82) is 0 Å². The Bertz CT molecular complexity index is 949. The van der Waals surface area contributed by atoms with Gasteiger partial charge in [0, 0.05) is 33.8 Å². The maximum Gasteiger partial charge on any atom is 0.173 e. The molecule has 40 heavy (non-hydrogen) atoms. The van der Waals surface area contributed by atoms with Gasteiger partial charge in [-0.3, -0.25) is 0 Å². The molecule has 2 aromatic carbocycles. The minimum absolute atomic E-state index is 0.420. The zero-order valence-corrected chi connectivity index (χ0v) is 29.2. The van der Waals surface area contributed by atoms with Gasteiger partial charge < -0.3 is 18.5 Å². The average Bonchev–Trinajstić information content (AvgIpc) is 2.91. The van der Waals surface area contributed by atoms with Crippen LogP contribution in [-0.4, -0.2) is 36.9 Å². The van der Waals surface area contributed by atoms with Crippen LogP contribution in [0, 0.1) is 0 Å². The molecule has 0 aliphatic rings. The van der Waals surface area contributed by atoms with Gasteiger partial charge >= 0.3 is 0 Å². The fraction of sp³-hybridized carbons (Fsp3) is 0.647. The van der Waals surface area contributed by atoms with E-state index in [1.54, 1.807) is 14.2 Å². The smallest absolute Gasteiger partial charge is 0.173 e. The Morgan fingerprint density at radius 2 is 0.875 bits per heavy atom. The summed E-state index contributed by atoms with van der Waals surface area (Å²) < 4.78 is 26.1. The van der Waals surface area contributed by atoms with Crippen LogP contribution >= 0.6 is 16.3 Å². The lowest BCUT2D eigenvalue weighted by molar-refractivity contribution is 0.394. The molecule has 0 unspecified atom stereocenters. The van der Waals surface area contributed by atoms with Crippen LogP contribution in [0.2, 0.25) is 0 Å². The highest BCUT2D eigenvalue weighted by Crippen LogP contribution is 2.57. The standard InChI is InChI=1S/C34H56O4P2/c1-13-15-17-27-19-29(33(31(21-27)35-11)37-39(23(3)4)24(5)6)30-20-28(18-16-14-2)22-32(36-12)34(30)38-40(25(7)8)26(9)10/h19-26H,13-18H2,1-12H3. The Morgan fingerprint density at radius 3 is 1.12 bits per heavy atom.